The van der Waals surface area contributed by atoms with Gasteiger partial charge in [-0.25, -0.2) is 0 Å². The number of halogens is 3. The molecule has 0 aliphatic rings. The molecular formula is C16H21Cl2IN4O. The smallest absolute Gasteiger partial charge is 0.191 e. The average molecular weight is 483 g/mol. The summed E-state index contributed by atoms with van der Waals surface area (Å²) in [6, 6.07) is 9.72. The third-order valence-corrected chi connectivity index (χ3v) is 4.31. The Hall–Kier alpha value is -1.12. The predicted molar refractivity (Wildman–Crippen MR) is 111 cm³/mol. The van der Waals surface area contributed by atoms with E-state index < -0.39 is 0 Å². The highest BCUT2D eigenvalue weighted by atomic mass is 127. The van der Waals surface area contributed by atoms with E-state index in [0.29, 0.717) is 29.2 Å². The molecule has 0 amide bonds. The van der Waals surface area contributed by atoms with Crippen molar-refractivity contribution in [3.8, 4) is 5.75 Å². The molecule has 0 fully saturated rings. The lowest BCUT2D eigenvalue weighted by Gasteiger charge is -2.13. The lowest BCUT2D eigenvalue weighted by atomic mass is 10.2. The lowest BCUT2D eigenvalue weighted by Crippen LogP contribution is -2.36. The van der Waals surface area contributed by atoms with Gasteiger partial charge in [0.1, 0.15) is 10.9 Å². The largest absolute Gasteiger partial charge is 0.497 e. The average Bonchev–Trinajstić information content (AvgIpc) is 2.82. The second kappa shape index (κ2) is 10.0. The van der Waals surface area contributed by atoms with Crippen LogP contribution in [0.2, 0.25) is 10.2 Å². The highest BCUT2D eigenvalue weighted by molar-refractivity contribution is 14.0. The maximum absolute atomic E-state index is 6.06. The summed E-state index contributed by atoms with van der Waals surface area (Å²) in [5.74, 6) is 1.53. The maximum atomic E-state index is 6.06. The van der Waals surface area contributed by atoms with Gasteiger partial charge in [-0.1, -0.05) is 35.3 Å². The van der Waals surface area contributed by atoms with Crippen molar-refractivity contribution in [1.82, 2.24) is 15.2 Å². The van der Waals surface area contributed by atoms with Crippen molar-refractivity contribution >= 4 is 53.1 Å². The van der Waals surface area contributed by atoms with Gasteiger partial charge in [-0.15, -0.1) is 24.0 Å². The van der Waals surface area contributed by atoms with E-state index in [1.165, 1.54) is 0 Å². The molecule has 1 aromatic carbocycles. The van der Waals surface area contributed by atoms with Crippen LogP contribution in [0, 0.1) is 0 Å². The van der Waals surface area contributed by atoms with Crippen molar-refractivity contribution in [3.63, 3.8) is 0 Å². The first-order valence-electron chi connectivity index (χ1n) is 7.12. The second-order valence-electron chi connectivity index (χ2n) is 4.96. The fourth-order valence-corrected chi connectivity index (χ4v) is 2.54. The van der Waals surface area contributed by atoms with Gasteiger partial charge in [0, 0.05) is 26.3 Å². The highest BCUT2D eigenvalue weighted by Gasteiger charge is 2.09. The molecule has 132 valence electrons. The third kappa shape index (κ3) is 5.46. The van der Waals surface area contributed by atoms with Crippen LogP contribution in [-0.4, -0.2) is 24.7 Å². The Morgan fingerprint density at radius 2 is 1.92 bits per heavy atom. The van der Waals surface area contributed by atoms with Gasteiger partial charge in [0.15, 0.2) is 5.96 Å². The molecule has 2 rings (SSSR count). The summed E-state index contributed by atoms with van der Waals surface area (Å²) in [5, 5.41) is 7.57. The van der Waals surface area contributed by atoms with Crippen LogP contribution in [0.25, 0.3) is 0 Å². The zero-order valence-electron chi connectivity index (χ0n) is 13.8. The van der Waals surface area contributed by atoms with E-state index in [2.05, 4.69) is 15.6 Å². The van der Waals surface area contributed by atoms with Gasteiger partial charge in [0.25, 0.3) is 0 Å². The summed E-state index contributed by atoms with van der Waals surface area (Å²) < 4.78 is 7.06. The molecule has 2 N–H and O–H groups in total. The number of guanidine groups is 1. The van der Waals surface area contributed by atoms with Gasteiger partial charge < -0.3 is 19.9 Å². The van der Waals surface area contributed by atoms with Crippen molar-refractivity contribution in [2.45, 2.75) is 13.1 Å². The lowest BCUT2D eigenvalue weighted by molar-refractivity contribution is 0.414. The number of nitrogens with zero attached hydrogens (tertiary/aromatic N) is 2. The third-order valence-electron chi connectivity index (χ3n) is 3.47. The van der Waals surface area contributed by atoms with Crippen LogP contribution < -0.4 is 15.4 Å². The van der Waals surface area contributed by atoms with Crippen molar-refractivity contribution < 1.29 is 4.74 Å². The van der Waals surface area contributed by atoms with E-state index in [-0.39, 0.29) is 24.0 Å². The van der Waals surface area contributed by atoms with Crippen LogP contribution >= 0.6 is 47.2 Å². The fourth-order valence-electron chi connectivity index (χ4n) is 2.12. The van der Waals surface area contributed by atoms with Crippen molar-refractivity contribution in [2.24, 2.45) is 12.0 Å². The summed E-state index contributed by atoms with van der Waals surface area (Å²) in [4.78, 5) is 4.21. The molecule has 24 heavy (non-hydrogen) atoms. The standard InChI is InChI=1S/C16H20Cl2N4O.HI/c1-19-16(20-9-11-5-4-6-13(7-11)23-3)21-10-12-8-14(17)15(18)22(12)2;/h4-8H,9-10H2,1-3H3,(H2,19,20,21);1H. The molecular weight excluding hydrogens is 462 g/mol. The number of hydrogen-bond donors (Lipinski definition) is 2. The molecule has 5 nitrogen and oxygen atoms in total. The van der Waals surface area contributed by atoms with Crippen LogP contribution in [0.15, 0.2) is 35.3 Å². The van der Waals surface area contributed by atoms with Crippen LogP contribution in [0.1, 0.15) is 11.3 Å². The Morgan fingerprint density at radius 1 is 1.21 bits per heavy atom. The van der Waals surface area contributed by atoms with Crippen LogP contribution in [0.4, 0.5) is 0 Å². The number of hydrogen-bond acceptors (Lipinski definition) is 2. The molecule has 8 heteroatoms. The van der Waals surface area contributed by atoms with E-state index in [1.54, 1.807) is 14.2 Å². The minimum Gasteiger partial charge on any atom is -0.497 e. The summed E-state index contributed by atoms with van der Waals surface area (Å²) in [5.41, 5.74) is 2.08. The Kier molecular flexibility index (Phi) is 8.72. The number of aromatic nitrogens is 1. The van der Waals surface area contributed by atoms with E-state index >= 15 is 0 Å². The fraction of sp³-hybridized carbons (Fsp3) is 0.312. The molecule has 0 atom stereocenters. The Labute approximate surface area is 169 Å². The molecule has 0 aliphatic carbocycles. The van der Waals surface area contributed by atoms with Gasteiger partial charge in [-0.2, -0.15) is 0 Å². The molecule has 0 saturated heterocycles. The normalized spacial score (nSPS) is 11.0. The first-order chi connectivity index (χ1) is 11.0. The van der Waals surface area contributed by atoms with E-state index in [1.807, 2.05) is 41.9 Å². The molecule has 0 aliphatic heterocycles. The summed E-state index contributed by atoms with van der Waals surface area (Å²) >= 11 is 12.1. The van der Waals surface area contributed by atoms with Crippen LogP contribution in [-0.2, 0) is 20.1 Å². The van der Waals surface area contributed by atoms with Gasteiger partial charge >= 0.3 is 0 Å². The Bertz CT molecular complexity index is 703. The van der Waals surface area contributed by atoms with E-state index in [9.17, 15) is 0 Å². The Morgan fingerprint density at radius 3 is 2.50 bits per heavy atom. The first-order valence-corrected chi connectivity index (χ1v) is 7.87. The Balaban J connectivity index is 0.00000288. The summed E-state index contributed by atoms with van der Waals surface area (Å²) in [6.45, 7) is 1.21. The number of benzene rings is 1. The maximum Gasteiger partial charge on any atom is 0.191 e. The number of methoxy groups -OCH3 is 1. The minimum atomic E-state index is 0. The van der Waals surface area contributed by atoms with Crippen molar-refractivity contribution in [3.05, 3.63) is 51.8 Å². The molecule has 0 saturated carbocycles. The first kappa shape index (κ1) is 20.9. The quantitative estimate of drug-likeness (QED) is 0.387. The minimum absolute atomic E-state index is 0. The second-order valence-corrected chi connectivity index (χ2v) is 5.73. The summed E-state index contributed by atoms with van der Waals surface area (Å²) in [6.07, 6.45) is 0. The molecule has 1 aromatic heterocycles. The molecule has 0 unspecified atom stereocenters. The van der Waals surface area contributed by atoms with Gasteiger partial charge in [-0.05, 0) is 23.8 Å². The van der Waals surface area contributed by atoms with Crippen LogP contribution in [0.5, 0.6) is 5.75 Å². The van der Waals surface area contributed by atoms with Gasteiger partial charge in [-0.3, -0.25) is 4.99 Å². The topological polar surface area (TPSA) is 50.6 Å². The van der Waals surface area contributed by atoms with Crippen LogP contribution in [0.3, 0.4) is 0 Å². The van der Waals surface area contributed by atoms with Gasteiger partial charge in [0.05, 0.1) is 18.7 Å². The SMILES string of the molecule is CN=C(NCc1cccc(OC)c1)NCc1cc(Cl)c(Cl)n1C.I. The zero-order chi connectivity index (χ0) is 16.8. The van der Waals surface area contributed by atoms with Crippen molar-refractivity contribution in [1.29, 1.82) is 0 Å². The predicted octanol–water partition coefficient (Wildman–Crippen LogP) is 3.82. The molecule has 0 spiro atoms. The molecule has 2 aromatic rings. The number of ether oxygens (including phenoxy) is 1. The van der Waals surface area contributed by atoms with Crippen molar-refractivity contribution in [2.75, 3.05) is 14.2 Å². The number of rotatable bonds is 5. The molecule has 0 radical (unpaired) electrons. The zero-order valence-corrected chi connectivity index (χ0v) is 17.6. The van der Waals surface area contributed by atoms with Gasteiger partial charge in [0.2, 0.25) is 0 Å². The summed E-state index contributed by atoms with van der Waals surface area (Å²) in [7, 11) is 5.26. The van der Waals surface area contributed by atoms with E-state index in [4.69, 9.17) is 27.9 Å². The monoisotopic (exact) mass is 482 g/mol. The number of nitrogens with one attached hydrogen (secondary N) is 2. The molecule has 0 bridgehead atoms. The highest BCUT2D eigenvalue weighted by Crippen LogP contribution is 2.24. The number of aliphatic imine (C=N–C) groups is 1. The molecule has 1 heterocycles. The van der Waals surface area contributed by atoms with E-state index in [0.717, 1.165) is 17.0 Å².